The molecule has 1 unspecified atom stereocenters. The lowest BCUT2D eigenvalue weighted by atomic mass is 9.83. The Labute approximate surface area is 254 Å². The van der Waals surface area contributed by atoms with E-state index in [0.29, 0.717) is 52.4 Å². The number of carbonyl (C=O) groups excluding carboxylic acids is 1. The number of nitrogens with zero attached hydrogens (tertiary/aromatic N) is 1. The molecule has 4 aromatic carbocycles. The fourth-order valence-corrected chi connectivity index (χ4v) is 4.97. The van der Waals surface area contributed by atoms with Gasteiger partial charge in [0, 0.05) is 22.2 Å². The number of rotatable bonds is 10. The van der Waals surface area contributed by atoms with Crippen LogP contribution >= 0.6 is 11.6 Å². The van der Waals surface area contributed by atoms with Gasteiger partial charge in [0.2, 0.25) is 5.88 Å². The van der Waals surface area contributed by atoms with Crippen molar-refractivity contribution >= 4 is 17.6 Å². The molecular formula is C34H29ClN2O6. The van der Waals surface area contributed by atoms with Crippen LogP contribution in [-0.4, -0.2) is 19.2 Å². The van der Waals surface area contributed by atoms with Gasteiger partial charge in [-0.3, -0.25) is 0 Å². The van der Waals surface area contributed by atoms with E-state index in [0.717, 1.165) is 11.1 Å². The lowest BCUT2D eigenvalue weighted by molar-refractivity contribution is 0.0730. The molecule has 9 heteroatoms. The minimum atomic E-state index is -0.577. The molecule has 0 spiro atoms. The monoisotopic (exact) mass is 596 g/mol. The molecule has 0 bridgehead atoms. The number of benzene rings is 4. The van der Waals surface area contributed by atoms with Gasteiger partial charge in [-0.15, -0.1) is 0 Å². The number of esters is 1. The lowest BCUT2D eigenvalue weighted by Crippen LogP contribution is -2.21. The van der Waals surface area contributed by atoms with Gasteiger partial charge in [0.1, 0.15) is 41.1 Å². The van der Waals surface area contributed by atoms with Crippen LogP contribution in [0.1, 0.15) is 46.8 Å². The molecule has 0 radical (unpaired) electrons. The summed E-state index contributed by atoms with van der Waals surface area (Å²) in [6.45, 7) is 4.78. The minimum Gasteiger partial charge on any atom is -0.493 e. The molecule has 0 fully saturated rings. The molecular weight excluding hydrogens is 568 g/mol. The van der Waals surface area contributed by atoms with Crippen molar-refractivity contribution < 1.29 is 28.5 Å². The Balaban J connectivity index is 1.45. The second-order valence-corrected chi connectivity index (χ2v) is 9.87. The molecule has 0 amide bonds. The smallest absolute Gasteiger partial charge is 0.347 e. The minimum absolute atomic E-state index is 0.0397. The molecule has 4 aromatic rings. The van der Waals surface area contributed by atoms with E-state index in [1.807, 2.05) is 50.2 Å². The number of ether oxygens (including phenoxy) is 5. The van der Waals surface area contributed by atoms with E-state index in [-0.39, 0.29) is 23.8 Å². The van der Waals surface area contributed by atoms with E-state index in [9.17, 15) is 10.1 Å². The topological polar surface area (TPSA) is 113 Å². The van der Waals surface area contributed by atoms with Gasteiger partial charge in [-0.2, -0.15) is 5.26 Å². The van der Waals surface area contributed by atoms with Crippen molar-refractivity contribution in [3.05, 3.63) is 124 Å². The number of allylic oxidation sites excluding steroid dienone is 1. The van der Waals surface area contributed by atoms with Crippen LogP contribution in [0.25, 0.3) is 0 Å². The summed E-state index contributed by atoms with van der Waals surface area (Å²) in [5.41, 5.74) is 9.03. The van der Waals surface area contributed by atoms with Gasteiger partial charge in [0.15, 0.2) is 11.5 Å². The van der Waals surface area contributed by atoms with Crippen molar-refractivity contribution in [2.24, 2.45) is 5.73 Å². The molecule has 1 heterocycles. The first-order valence-electron chi connectivity index (χ1n) is 13.7. The van der Waals surface area contributed by atoms with Crippen LogP contribution in [-0.2, 0) is 6.61 Å². The van der Waals surface area contributed by atoms with Crippen molar-refractivity contribution in [3.63, 3.8) is 0 Å². The van der Waals surface area contributed by atoms with Gasteiger partial charge in [-0.1, -0.05) is 54.1 Å². The van der Waals surface area contributed by atoms with E-state index < -0.39 is 11.9 Å². The first-order valence-corrected chi connectivity index (χ1v) is 14.1. The Morgan fingerprint density at radius 3 is 2.42 bits per heavy atom. The van der Waals surface area contributed by atoms with Crippen molar-refractivity contribution in [1.82, 2.24) is 0 Å². The molecule has 8 nitrogen and oxygen atoms in total. The number of halogens is 1. The normalized spacial score (nSPS) is 13.8. The quantitative estimate of drug-likeness (QED) is 0.152. The molecule has 0 saturated carbocycles. The maximum absolute atomic E-state index is 13.0. The zero-order chi connectivity index (χ0) is 30.3. The number of hydrogen-bond acceptors (Lipinski definition) is 8. The lowest BCUT2D eigenvalue weighted by Gasteiger charge is -2.27. The highest BCUT2D eigenvalue weighted by Crippen LogP contribution is 2.45. The Morgan fingerprint density at radius 1 is 0.907 bits per heavy atom. The highest BCUT2D eigenvalue weighted by Gasteiger charge is 2.32. The number of nitriles is 1. The summed E-state index contributed by atoms with van der Waals surface area (Å²) < 4.78 is 29.0. The summed E-state index contributed by atoms with van der Waals surface area (Å²) in [6, 6.07) is 27.0. The molecule has 0 aliphatic carbocycles. The maximum atomic E-state index is 13.0. The van der Waals surface area contributed by atoms with Crippen LogP contribution in [0.3, 0.4) is 0 Å². The van der Waals surface area contributed by atoms with Crippen molar-refractivity contribution in [3.8, 4) is 34.8 Å². The fraction of sp³-hybridized carbons (Fsp3) is 0.176. The molecule has 1 aliphatic rings. The second-order valence-electron chi connectivity index (χ2n) is 9.46. The van der Waals surface area contributed by atoms with Crippen LogP contribution in [0.5, 0.6) is 28.7 Å². The summed E-state index contributed by atoms with van der Waals surface area (Å²) >= 11 is 6.30. The third-order valence-corrected chi connectivity index (χ3v) is 7.12. The fourth-order valence-electron chi connectivity index (χ4n) is 4.78. The van der Waals surface area contributed by atoms with Crippen LogP contribution in [0.15, 0.2) is 96.4 Å². The van der Waals surface area contributed by atoms with E-state index in [4.69, 9.17) is 41.0 Å². The third-order valence-electron chi connectivity index (χ3n) is 6.75. The zero-order valence-electron chi connectivity index (χ0n) is 23.6. The van der Waals surface area contributed by atoms with Crippen LogP contribution in [0.2, 0.25) is 5.02 Å². The predicted octanol–water partition coefficient (Wildman–Crippen LogP) is 7.15. The molecule has 218 valence electrons. The Kier molecular flexibility index (Phi) is 9.04. The summed E-state index contributed by atoms with van der Waals surface area (Å²) in [7, 11) is 0. The third kappa shape index (κ3) is 6.37. The number of para-hydroxylation sites is 1. The van der Waals surface area contributed by atoms with E-state index >= 15 is 0 Å². The maximum Gasteiger partial charge on any atom is 0.347 e. The molecule has 43 heavy (non-hydrogen) atoms. The van der Waals surface area contributed by atoms with Gasteiger partial charge in [-0.25, -0.2) is 4.79 Å². The number of nitrogens with two attached hydrogens (primary N) is 1. The average Bonchev–Trinajstić information content (AvgIpc) is 3.01. The van der Waals surface area contributed by atoms with E-state index in [2.05, 4.69) is 6.07 Å². The van der Waals surface area contributed by atoms with Crippen molar-refractivity contribution in [2.75, 3.05) is 13.2 Å². The van der Waals surface area contributed by atoms with Gasteiger partial charge >= 0.3 is 5.97 Å². The van der Waals surface area contributed by atoms with Crippen molar-refractivity contribution in [1.29, 1.82) is 5.26 Å². The molecule has 1 atom stereocenters. The van der Waals surface area contributed by atoms with Crippen LogP contribution < -0.4 is 29.4 Å². The summed E-state index contributed by atoms with van der Waals surface area (Å²) in [4.78, 5) is 13.0. The first-order chi connectivity index (χ1) is 20.9. The summed E-state index contributed by atoms with van der Waals surface area (Å²) in [5.74, 6) is 0.904. The summed E-state index contributed by atoms with van der Waals surface area (Å²) in [5, 5.41) is 10.6. The van der Waals surface area contributed by atoms with Gasteiger partial charge < -0.3 is 29.4 Å². The zero-order valence-corrected chi connectivity index (χ0v) is 24.4. The SMILES string of the molecule is CCOc1cc(C2C(C#N)=C(N)Oc3cc(OC(=O)c4ccccc4OCC)ccc32)ccc1OCc1ccccc1Cl. The summed E-state index contributed by atoms with van der Waals surface area (Å²) in [6.07, 6.45) is 0. The van der Waals surface area contributed by atoms with Crippen LogP contribution in [0, 0.1) is 11.3 Å². The Bertz CT molecular complexity index is 1730. The average molecular weight is 597 g/mol. The predicted molar refractivity (Wildman–Crippen MR) is 162 cm³/mol. The largest absolute Gasteiger partial charge is 0.493 e. The molecule has 0 saturated heterocycles. The van der Waals surface area contributed by atoms with Gasteiger partial charge in [0.05, 0.1) is 19.1 Å². The standard InChI is InChI=1S/C34H29ClN2O6/c1-3-39-28-12-8-6-10-25(28)34(38)42-23-14-15-24-30(18-23)43-33(37)26(19-36)32(24)21-13-16-29(31(17-21)40-4-2)41-20-22-9-5-7-11-27(22)35/h5-18,32H,3-4,20,37H2,1-2H3. The first kappa shape index (κ1) is 29.4. The van der Waals surface area contributed by atoms with Crippen LogP contribution in [0.4, 0.5) is 0 Å². The van der Waals surface area contributed by atoms with Crippen molar-refractivity contribution in [2.45, 2.75) is 26.4 Å². The molecule has 0 aromatic heterocycles. The Morgan fingerprint density at radius 2 is 1.65 bits per heavy atom. The molecule has 2 N–H and O–H groups in total. The van der Waals surface area contributed by atoms with E-state index in [1.54, 1.807) is 48.5 Å². The number of fused-ring (bicyclic) bond motifs is 1. The molecule has 1 aliphatic heterocycles. The number of carbonyl (C=O) groups is 1. The van der Waals surface area contributed by atoms with Gasteiger partial charge in [0.25, 0.3) is 0 Å². The van der Waals surface area contributed by atoms with E-state index in [1.165, 1.54) is 0 Å². The second kappa shape index (κ2) is 13.2. The highest BCUT2D eigenvalue weighted by molar-refractivity contribution is 6.31. The van der Waals surface area contributed by atoms with Gasteiger partial charge in [-0.05, 0) is 55.8 Å². The highest BCUT2D eigenvalue weighted by atomic mass is 35.5. The molecule has 5 rings (SSSR count). The Hall–Kier alpha value is -5.13. The number of hydrogen-bond donors (Lipinski definition) is 1.